The van der Waals surface area contributed by atoms with E-state index >= 15 is 0 Å². The van der Waals surface area contributed by atoms with Gasteiger partial charge in [-0.15, -0.1) is 0 Å². The van der Waals surface area contributed by atoms with Crippen molar-refractivity contribution in [3.05, 3.63) is 82.9 Å². The molecule has 3 rings (SSSR count). The zero-order valence-electron chi connectivity index (χ0n) is 15.0. The van der Waals surface area contributed by atoms with Crippen LogP contribution >= 0.6 is 11.6 Å². The highest BCUT2D eigenvalue weighted by Gasteiger charge is 2.13. The fraction of sp³-hybridized carbons (Fsp3) is 0.182. The van der Waals surface area contributed by atoms with Gasteiger partial charge in [-0.3, -0.25) is 9.59 Å². The quantitative estimate of drug-likeness (QED) is 0.678. The summed E-state index contributed by atoms with van der Waals surface area (Å²) in [6.45, 7) is 1.79. The van der Waals surface area contributed by atoms with E-state index in [1.165, 1.54) is 0 Å². The van der Waals surface area contributed by atoms with Crippen molar-refractivity contribution >= 4 is 34.2 Å². The Bertz CT molecular complexity index is 966. The summed E-state index contributed by atoms with van der Waals surface area (Å²) >= 11 is 6.15. The first-order chi connectivity index (χ1) is 13.0. The number of rotatable bonds is 6. The molecule has 2 N–H and O–H groups in total. The molecule has 4 nitrogen and oxygen atoms in total. The van der Waals surface area contributed by atoms with Gasteiger partial charge >= 0.3 is 0 Å². The number of carbonyl (C=O) groups is 2. The maximum Gasteiger partial charge on any atom is 0.239 e. The summed E-state index contributed by atoms with van der Waals surface area (Å²) in [6, 6.07) is 20.9. The number of hydrogen-bond acceptors (Lipinski definition) is 2. The van der Waals surface area contributed by atoms with Gasteiger partial charge in [-0.2, -0.15) is 0 Å². The molecule has 0 radical (unpaired) electrons. The summed E-state index contributed by atoms with van der Waals surface area (Å²) in [5.41, 5.74) is 1.78. The molecule has 2 amide bonds. The smallest absolute Gasteiger partial charge is 0.239 e. The van der Waals surface area contributed by atoms with E-state index in [1.54, 1.807) is 6.07 Å². The number of nitrogens with one attached hydrogen (secondary N) is 2. The summed E-state index contributed by atoms with van der Waals surface area (Å²) in [5, 5.41) is 8.27. The second-order valence-corrected chi connectivity index (χ2v) is 6.81. The molecule has 3 aromatic carbocycles. The molecule has 0 aromatic heterocycles. The molecule has 1 unspecified atom stereocenters. The van der Waals surface area contributed by atoms with E-state index in [2.05, 4.69) is 10.6 Å². The Labute approximate surface area is 163 Å². The van der Waals surface area contributed by atoms with E-state index in [0.29, 0.717) is 5.02 Å². The third-order valence-corrected chi connectivity index (χ3v) is 4.77. The van der Waals surface area contributed by atoms with Gasteiger partial charge in [0.15, 0.2) is 0 Å². The number of benzene rings is 3. The lowest BCUT2D eigenvalue weighted by molar-refractivity contribution is -0.126. The van der Waals surface area contributed by atoms with E-state index < -0.39 is 0 Å². The lowest BCUT2D eigenvalue weighted by atomic mass is 10.0. The van der Waals surface area contributed by atoms with Crippen LogP contribution in [0.15, 0.2) is 66.7 Å². The van der Waals surface area contributed by atoms with Crippen molar-refractivity contribution in [2.45, 2.75) is 19.4 Å². The minimum Gasteiger partial charge on any atom is -0.348 e. The Morgan fingerprint density at radius 3 is 2.44 bits per heavy atom. The minimum absolute atomic E-state index is 0.0710. The topological polar surface area (TPSA) is 58.2 Å². The fourth-order valence-electron chi connectivity index (χ4n) is 3.06. The molecular formula is C22H21ClN2O2. The molecule has 1 atom stereocenters. The standard InChI is InChI=1S/C22H21ClN2O2/c1-15(18-10-4-5-12-20(18)23)25-22(27)14-24-21(26)13-17-9-6-8-16-7-2-3-11-19(16)17/h2-12,15H,13-14H2,1H3,(H,24,26)(H,25,27). The Morgan fingerprint density at radius 2 is 1.63 bits per heavy atom. The van der Waals surface area contributed by atoms with Crippen molar-refractivity contribution in [2.75, 3.05) is 6.54 Å². The fourth-order valence-corrected chi connectivity index (χ4v) is 3.36. The van der Waals surface area contributed by atoms with Crippen LogP contribution in [0.3, 0.4) is 0 Å². The second kappa shape index (κ2) is 8.69. The van der Waals surface area contributed by atoms with Gasteiger partial charge in [0.25, 0.3) is 0 Å². The van der Waals surface area contributed by atoms with Crippen LogP contribution in [0.5, 0.6) is 0 Å². The van der Waals surface area contributed by atoms with Crippen molar-refractivity contribution in [3.8, 4) is 0 Å². The molecule has 27 heavy (non-hydrogen) atoms. The van der Waals surface area contributed by atoms with Crippen molar-refractivity contribution in [3.63, 3.8) is 0 Å². The molecule has 0 spiro atoms. The second-order valence-electron chi connectivity index (χ2n) is 6.40. The summed E-state index contributed by atoms with van der Waals surface area (Å²) in [6.07, 6.45) is 0.231. The molecule has 0 fully saturated rings. The average Bonchev–Trinajstić information content (AvgIpc) is 2.67. The van der Waals surface area contributed by atoms with Gasteiger partial charge in [0.1, 0.15) is 0 Å². The Balaban J connectivity index is 1.54. The van der Waals surface area contributed by atoms with E-state index in [9.17, 15) is 9.59 Å². The molecular weight excluding hydrogens is 360 g/mol. The van der Waals surface area contributed by atoms with Crippen LogP contribution in [0.2, 0.25) is 5.02 Å². The van der Waals surface area contributed by atoms with Crippen LogP contribution in [0.25, 0.3) is 10.8 Å². The third-order valence-electron chi connectivity index (χ3n) is 4.43. The van der Waals surface area contributed by atoms with Crippen LogP contribution < -0.4 is 10.6 Å². The molecule has 3 aromatic rings. The first kappa shape index (κ1) is 18.9. The average molecular weight is 381 g/mol. The molecule has 5 heteroatoms. The van der Waals surface area contributed by atoms with Gasteiger partial charge in [-0.25, -0.2) is 0 Å². The van der Waals surface area contributed by atoms with Crippen molar-refractivity contribution in [2.24, 2.45) is 0 Å². The molecule has 0 saturated heterocycles. The predicted molar refractivity (Wildman–Crippen MR) is 109 cm³/mol. The summed E-state index contributed by atoms with van der Waals surface area (Å²) in [4.78, 5) is 24.4. The van der Waals surface area contributed by atoms with E-state index in [4.69, 9.17) is 11.6 Å². The lowest BCUT2D eigenvalue weighted by Gasteiger charge is -2.16. The van der Waals surface area contributed by atoms with Crippen LogP contribution in [-0.4, -0.2) is 18.4 Å². The first-order valence-corrected chi connectivity index (χ1v) is 9.19. The highest BCUT2D eigenvalue weighted by Crippen LogP contribution is 2.22. The molecule has 0 heterocycles. The largest absolute Gasteiger partial charge is 0.348 e. The number of halogens is 1. The number of fused-ring (bicyclic) bond motifs is 1. The molecule has 138 valence electrons. The third kappa shape index (κ3) is 4.86. The van der Waals surface area contributed by atoms with Gasteiger partial charge in [-0.1, -0.05) is 72.3 Å². The Morgan fingerprint density at radius 1 is 0.926 bits per heavy atom. The molecule has 0 aliphatic carbocycles. The lowest BCUT2D eigenvalue weighted by Crippen LogP contribution is -2.38. The van der Waals surface area contributed by atoms with Gasteiger partial charge in [0.2, 0.25) is 11.8 Å². The monoisotopic (exact) mass is 380 g/mol. The Hall–Kier alpha value is -2.85. The molecule has 0 aliphatic heterocycles. The van der Waals surface area contributed by atoms with E-state index in [1.807, 2.05) is 67.6 Å². The maximum atomic E-state index is 12.3. The van der Waals surface area contributed by atoms with Crippen molar-refractivity contribution in [1.82, 2.24) is 10.6 Å². The van der Waals surface area contributed by atoms with Gasteiger partial charge < -0.3 is 10.6 Å². The zero-order valence-corrected chi connectivity index (χ0v) is 15.8. The number of carbonyl (C=O) groups excluding carboxylic acids is 2. The Kier molecular flexibility index (Phi) is 6.09. The van der Waals surface area contributed by atoms with Gasteiger partial charge in [0, 0.05) is 5.02 Å². The summed E-state index contributed by atoms with van der Waals surface area (Å²) in [5.74, 6) is -0.444. The van der Waals surface area contributed by atoms with Crippen molar-refractivity contribution < 1.29 is 9.59 Å². The van der Waals surface area contributed by atoms with E-state index in [-0.39, 0.29) is 30.8 Å². The van der Waals surface area contributed by atoms with Crippen LogP contribution in [0.1, 0.15) is 24.1 Å². The minimum atomic E-state index is -0.256. The predicted octanol–water partition coefficient (Wildman–Crippen LogP) is 4.03. The van der Waals surface area contributed by atoms with Crippen LogP contribution in [0.4, 0.5) is 0 Å². The zero-order chi connectivity index (χ0) is 19.2. The molecule has 0 bridgehead atoms. The van der Waals surface area contributed by atoms with Crippen molar-refractivity contribution in [1.29, 1.82) is 0 Å². The van der Waals surface area contributed by atoms with Gasteiger partial charge in [-0.05, 0) is 34.9 Å². The maximum absolute atomic E-state index is 12.3. The van der Waals surface area contributed by atoms with Crippen LogP contribution in [0, 0.1) is 0 Å². The normalized spacial score (nSPS) is 11.8. The SMILES string of the molecule is CC(NC(=O)CNC(=O)Cc1cccc2ccccc12)c1ccccc1Cl. The summed E-state index contributed by atoms with van der Waals surface area (Å²) in [7, 11) is 0. The van der Waals surface area contributed by atoms with Crippen LogP contribution in [-0.2, 0) is 16.0 Å². The molecule has 0 aliphatic rings. The van der Waals surface area contributed by atoms with Gasteiger partial charge in [0.05, 0.1) is 19.0 Å². The highest BCUT2D eigenvalue weighted by atomic mass is 35.5. The summed E-state index contributed by atoms with van der Waals surface area (Å²) < 4.78 is 0. The number of amides is 2. The highest BCUT2D eigenvalue weighted by molar-refractivity contribution is 6.31. The molecule has 0 saturated carbocycles. The first-order valence-electron chi connectivity index (χ1n) is 8.81. The number of hydrogen-bond donors (Lipinski definition) is 2. The van der Waals surface area contributed by atoms with E-state index in [0.717, 1.165) is 21.9 Å².